The molecule has 0 saturated heterocycles. The van der Waals surface area contributed by atoms with Crippen LogP contribution in [0, 0.1) is 11.8 Å². The lowest BCUT2D eigenvalue weighted by atomic mass is 9.91. The van der Waals surface area contributed by atoms with Crippen molar-refractivity contribution >= 4 is 5.78 Å². The largest absolute Gasteiger partial charge is 0.396 e. The van der Waals surface area contributed by atoms with Crippen molar-refractivity contribution in [1.29, 1.82) is 0 Å². The molecule has 2 unspecified atom stereocenters. The molecular weight excluding hydrogens is 236 g/mol. The van der Waals surface area contributed by atoms with Gasteiger partial charge in [-0.05, 0) is 31.1 Å². The van der Waals surface area contributed by atoms with E-state index in [-0.39, 0.29) is 6.61 Å². The second-order valence-electron chi connectivity index (χ2n) is 5.82. The summed E-state index contributed by atoms with van der Waals surface area (Å²) in [5.41, 5.74) is 0. The predicted molar refractivity (Wildman–Crippen MR) is 82.3 cm³/mol. The van der Waals surface area contributed by atoms with Crippen LogP contribution in [0.25, 0.3) is 0 Å². The first-order valence-corrected chi connectivity index (χ1v) is 8.30. The van der Waals surface area contributed by atoms with E-state index in [2.05, 4.69) is 20.8 Å². The van der Waals surface area contributed by atoms with Gasteiger partial charge in [0.2, 0.25) is 0 Å². The van der Waals surface area contributed by atoms with E-state index in [4.69, 9.17) is 5.11 Å². The number of hydrogen-bond donors (Lipinski definition) is 1. The summed E-state index contributed by atoms with van der Waals surface area (Å²) < 4.78 is 0. The average molecular weight is 270 g/mol. The quantitative estimate of drug-likeness (QED) is 0.525. The minimum atomic E-state index is 0.252. The third kappa shape index (κ3) is 10.1. The summed E-state index contributed by atoms with van der Waals surface area (Å²) in [5, 5.41) is 8.94. The van der Waals surface area contributed by atoms with Crippen molar-refractivity contribution in [1.82, 2.24) is 0 Å². The van der Waals surface area contributed by atoms with Crippen LogP contribution in [0.15, 0.2) is 0 Å². The summed E-state index contributed by atoms with van der Waals surface area (Å²) in [6, 6.07) is 0. The van der Waals surface area contributed by atoms with Gasteiger partial charge in [0.05, 0.1) is 0 Å². The topological polar surface area (TPSA) is 37.3 Å². The number of ketones is 1. The van der Waals surface area contributed by atoms with Gasteiger partial charge in [0.15, 0.2) is 0 Å². The molecule has 0 saturated carbocycles. The minimum absolute atomic E-state index is 0.252. The van der Waals surface area contributed by atoms with Crippen LogP contribution in [-0.4, -0.2) is 17.5 Å². The van der Waals surface area contributed by atoms with Crippen LogP contribution in [-0.2, 0) is 4.79 Å². The van der Waals surface area contributed by atoms with E-state index < -0.39 is 0 Å². The van der Waals surface area contributed by atoms with E-state index in [9.17, 15) is 4.79 Å². The highest BCUT2D eigenvalue weighted by Gasteiger charge is 2.12. The molecule has 0 fully saturated rings. The van der Waals surface area contributed by atoms with E-state index in [0.717, 1.165) is 38.0 Å². The van der Waals surface area contributed by atoms with Crippen molar-refractivity contribution in [2.75, 3.05) is 6.61 Å². The normalized spacial score (nSPS) is 14.3. The zero-order valence-corrected chi connectivity index (χ0v) is 13.3. The highest BCUT2D eigenvalue weighted by Crippen LogP contribution is 2.20. The van der Waals surface area contributed by atoms with Gasteiger partial charge in [-0.1, -0.05) is 52.9 Å². The first-order chi connectivity index (χ1) is 9.17. The Morgan fingerprint density at radius 2 is 1.42 bits per heavy atom. The number of Topliss-reactive ketones (excluding diaryl/α,β-unsaturated/α-hetero) is 1. The summed E-state index contributed by atoms with van der Waals surface area (Å²) in [6.07, 6.45) is 10.5. The van der Waals surface area contributed by atoms with Gasteiger partial charge in [-0.2, -0.15) is 0 Å². The molecule has 2 heteroatoms. The van der Waals surface area contributed by atoms with Crippen molar-refractivity contribution in [3.63, 3.8) is 0 Å². The van der Waals surface area contributed by atoms with Crippen LogP contribution >= 0.6 is 0 Å². The lowest BCUT2D eigenvalue weighted by Crippen LogP contribution is -2.08. The second-order valence-corrected chi connectivity index (χ2v) is 5.82. The van der Waals surface area contributed by atoms with Gasteiger partial charge in [-0.25, -0.2) is 0 Å². The van der Waals surface area contributed by atoms with Crippen LogP contribution in [0.3, 0.4) is 0 Å². The zero-order valence-electron chi connectivity index (χ0n) is 13.3. The van der Waals surface area contributed by atoms with Crippen molar-refractivity contribution in [2.45, 2.75) is 85.0 Å². The molecular formula is C17H34O2. The molecule has 0 aliphatic rings. The summed E-state index contributed by atoms with van der Waals surface area (Å²) in [4.78, 5) is 11.9. The minimum Gasteiger partial charge on any atom is -0.396 e. The third-order valence-electron chi connectivity index (χ3n) is 4.32. The Kier molecular flexibility index (Phi) is 12.4. The number of hydrogen-bond acceptors (Lipinski definition) is 2. The lowest BCUT2D eigenvalue weighted by molar-refractivity contribution is -0.119. The molecule has 0 aliphatic heterocycles. The summed E-state index contributed by atoms with van der Waals surface area (Å²) >= 11 is 0. The monoisotopic (exact) mass is 270 g/mol. The van der Waals surface area contributed by atoms with E-state index >= 15 is 0 Å². The summed E-state index contributed by atoms with van der Waals surface area (Å²) in [7, 11) is 0. The second kappa shape index (κ2) is 12.7. The maximum Gasteiger partial charge on any atom is 0.132 e. The van der Waals surface area contributed by atoms with Crippen molar-refractivity contribution in [3.05, 3.63) is 0 Å². The highest BCUT2D eigenvalue weighted by atomic mass is 16.3. The van der Waals surface area contributed by atoms with Gasteiger partial charge in [-0.3, -0.25) is 4.79 Å². The summed E-state index contributed by atoms with van der Waals surface area (Å²) in [5.74, 6) is 1.69. The molecule has 19 heavy (non-hydrogen) atoms. The molecule has 0 spiro atoms. The molecule has 0 aromatic rings. The van der Waals surface area contributed by atoms with Crippen LogP contribution in [0.2, 0.25) is 0 Å². The SMILES string of the molecule is CCCCC(CC)CCC(=O)CCC(CC)CCO. The van der Waals surface area contributed by atoms with Crippen molar-refractivity contribution in [3.8, 4) is 0 Å². The lowest BCUT2D eigenvalue weighted by Gasteiger charge is -2.15. The molecule has 0 radical (unpaired) electrons. The van der Waals surface area contributed by atoms with E-state index in [1.165, 1.54) is 25.7 Å². The Balaban J connectivity index is 3.77. The Morgan fingerprint density at radius 3 is 1.84 bits per heavy atom. The van der Waals surface area contributed by atoms with Crippen LogP contribution < -0.4 is 0 Å². The predicted octanol–water partition coefficient (Wildman–Crippen LogP) is 4.74. The van der Waals surface area contributed by atoms with Gasteiger partial charge in [0.1, 0.15) is 5.78 Å². The van der Waals surface area contributed by atoms with Crippen LogP contribution in [0.5, 0.6) is 0 Å². The number of carbonyl (C=O) groups is 1. The molecule has 0 aromatic heterocycles. The third-order valence-corrected chi connectivity index (χ3v) is 4.32. The molecule has 1 N–H and O–H groups in total. The Hall–Kier alpha value is -0.370. The molecule has 114 valence electrons. The van der Waals surface area contributed by atoms with Gasteiger partial charge in [-0.15, -0.1) is 0 Å². The van der Waals surface area contributed by atoms with Crippen LogP contribution in [0.4, 0.5) is 0 Å². The maximum atomic E-state index is 11.9. The first kappa shape index (κ1) is 18.6. The van der Waals surface area contributed by atoms with Gasteiger partial charge >= 0.3 is 0 Å². The van der Waals surface area contributed by atoms with Gasteiger partial charge < -0.3 is 5.11 Å². The van der Waals surface area contributed by atoms with Gasteiger partial charge in [0.25, 0.3) is 0 Å². The Labute approximate surface area is 120 Å². The first-order valence-electron chi connectivity index (χ1n) is 8.30. The average Bonchev–Trinajstić information content (AvgIpc) is 2.43. The van der Waals surface area contributed by atoms with Crippen molar-refractivity contribution < 1.29 is 9.90 Å². The Morgan fingerprint density at radius 1 is 0.895 bits per heavy atom. The fourth-order valence-electron chi connectivity index (χ4n) is 2.64. The fraction of sp³-hybridized carbons (Fsp3) is 0.941. The molecule has 2 atom stereocenters. The smallest absolute Gasteiger partial charge is 0.132 e. The van der Waals surface area contributed by atoms with Crippen molar-refractivity contribution in [2.24, 2.45) is 11.8 Å². The molecule has 2 nitrogen and oxygen atoms in total. The molecule has 0 aliphatic carbocycles. The fourth-order valence-corrected chi connectivity index (χ4v) is 2.64. The molecule has 0 heterocycles. The van der Waals surface area contributed by atoms with Gasteiger partial charge in [0, 0.05) is 19.4 Å². The number of aliphatic hydroxyl groups excluding tert-OH is 1. The Bertz CT molecular complexity index is 213. The highest BCUT2D eigenvalue weighted by molar-refractivity contribution is 5.78. The molecule has 0 bridgehead atoms. The zero-order chi connectivity index (χ0) is 14.5. The number of carbonyl (C=O) groups excluding carboxylic acids is 1. The summed E-state index contributed by atoms with van der Waals surface area (Å²) in [6.45, 7) is 6.85. The van der Waals surface area contributed by atoms with E-state index in [1.54, 1.807) is 0 Å². The maximum absolute atomic E-state index is 11.9. The molecule has 0 aromatic carbocycles. The number of unbranched alkanes of at least 4 members (excludes halogenated alkanes) is 1. The molecule has 0 rings (SSSR count). The molecule has 0 amide bonds. The van der Waals surface area contributed by atoms with E-state index in [1.807, 2.05) is 0 Å². The standard InChI is InChI=1S/C17H34O2/c1-4-7-8-15(5-2)9-11-17(19)12-10-16(6-3)13-14-18/h15-16,18H,4-14H2,1-3H3. The van der Waals surface area contributed by atoms with E-state index in [0.29, 0.717) is 18.1 Å². The number of rotatable bonds is 13. The van der Waals surface area contributed by atoms with Crippen LogP contribution in [0.1, 0.15) is 85.0 Å². The number of aliphatic hydroxyl groups is 1.